The standard InChI is InChI=1S/C8H6ClFS/c9-8(11)7-4-2-1-3-6(7)5-10/h1-4H,5H2. The Bertz CT molecular complexity index is 273. The van der Waals surface area contributed by atoms with Gasteiger partial charge in [0, 0.05) is 5.56 Å². The Morgan fingerprint density at radius 2 is 2.09 bits per heavy atom. The van der Waals surface area contributed by atoms with Crippen molar-refractivity contribution >= 4 is 28.1 Å². The minimum atomic E-state index is -0.525. The highest BCUT2D eigenvalue weighted by Crippen LogP contribution is 2.13. The summed E-state index contributed by atoms with van der Waals surface area (Å²) in [5, 5.41) is 0. The summed E-state index contributed by atoms with van der Waals surface area (Å²) in [4.78, 5) is 0. The van der Waals surface area contributed by atoms with Crippen LogP contribution in [0.15, 0.2) is 24.3 Å². The van der Waals surface area contributed by atoms with Gasteiger partial charge in [0.15, 0.2) is 0 Å². The summed E-state index contributed by atoms with van der Waals surface area (Å²) in [7, 11) is 0. The zero-order chi connectivity index (χ0) is 8.27. The van der Waals surface area contributed by atoms with E-state index in [0.29, 0.717) is 11.1 Å². The van der Waals surface area contributed by atoms with Gasteiger partial charge in [-0.15, -0.1) is 0 Å². The van der Waals surface area contributed by atoms with Crippen LogP contribution in [0.25, 0.3) is 0 Å². The number of alkyl halides is 1. The van der Waals surface area contributed by atoms with Crippen LogP contribution >= 0.6 is 23.8 Å². The molecule has 0 radical (unpaired) electrons. The van der Waals surface area contributed by atoms with Gasteiger partial charge in [0.25, 0.3) is 0 Å². The third-order valence-electron chi connectivity index (χ3n) is 1.37. The molecule has 0 amide bonds. The molecule has 1 rings (SSSR count). The van der Waals surface area contributed by atoms with E-state index in [-0.39, 0.29) is 4.32 Å². The molecule has 0 heterocycles. The van der Waals surface area contributed by atoms with Gasteiger partial charge >= 0.3 is 0 Å². The van der Waals surface area contributed by atoms with Crippen LogP contribution in [0, 0.1) is 0 Å². The smallest absolute Gasteiger partial charge is 0.115 e. The quantitative estimate of drug-likeness (QED) is 0.508. The Morgan fingerprint density at radius 3 is 2.55 bits per heavy atom. The van der Waals surface area contributed by atoms with Gasteiger partial charge in [-0.2, -0.15) is 0 Å². The van der Waals surface area contributed by atoms with Gasteiger partial charge in [0.1, 0.15) is 11.0 Å². The third kappa shape index (κ3) is 1.98. The fraction of sp³-hybridized carbons (Fsp3) is 0.125. The Kier molecular flexibility index (Phi) is 2.97. The van der Waals surface area contributed by atoms with Crippen molar-refractivity contribution < 1.29 is 4.39 Å². The van der Waals surface area contributed by atoms with E-state index in [9.17, 15) is 4.39 Å². The fourth-order valence-electron chi connectivity index (χ4n) is 0.829. The predicted molar refractivity (Wildman–Crippen MR) is 48.8 cm³/mol. The van der Waals surface area contributed by atoms with Gasteiger partial charge in [-0.25, -0.2) is 4.39 Å². The molecular weight excluding hydrogens is 183 g/mol. The van der Waals surface area contributed by atoms with Crippen molar-refractivity contribution in [2.75, 3.05) is 0 Å². The van der Waals surface area contributed by atoms with E-state index >= 15 is 0 Å². The average molecular weight is 189 g/mol. The maximum absolute atomic E-state index is 12.2. The van der Waals surface area contributed by atoms with Crippen molar-refractivity contribution in [3.05, 3.63) is 35.4 Å². The Balaban J connectivity index is 3.12. The molecule has 0 bridgehead atoms. The lowest BCUT2D eigenvalue weighted by atomic mass is 10.1. The Hall–Kier alpha value is -0.470. The second-order valence-corrected chi connectivity index (χ2v) is 3.07. The van der Waals surface area contributed by atoms with E-state index in [0.717, 1.165) is 0 Å². The molecule has 0 aliphatic carbocycles. The average Bonchev–Trinajstić information content (AvgIpc) is 2.04. The molecule has 3 heteroatoms. The molecule has 11 heavy (non-hydrogen) atoms. The van der Waals surface area contributed by atoms with Gasteiger partial charge in [-0.05, 0) is 5.56 Å². The molecule has 0 aromatic heterocycles. The number of thiocarbonyl (C=S) groups is 1. The molecule has 58 valence electrons. The van der Waals surface area contributed by atoms with E-state index in [4.69, 9.17) is 23.8 Å². The van der Waals surface area contributed by atoms with Crippen LogP contribution in [0.4, 0.5) is 4.39 Å². The molecule has 0 unspecified atom stereocenters. The van der Waals surface area contributed by atoms with Crippen LogP contribution in [0.2, 0.25) is 0 Å². The highest BCUT2D eigenvalue weighted by atomic mass is 35.5. The molecular formula is C8H6ClFS. The molecule has 0 atom stereocenters. The van der Waals surface area contributed by atoms with Crippen LogP contribution in [0.5, 0.6) is 0 Å². The van der Waals surface area contributed by atoms with Gasteiger partial charge < -0.3 is 0 Å². The molecule has 1 aromatic carbocycles. The van der Waals surface area contributed by atoms with Crippen LogP contribution in [-0.4, -0.2) is 4.32 Å². The van der Waals surface area contributed by atoms with Crippen molar-refractivity contribution in [2.24, 2.45) is 0 Å². The summed E-state index contributed by atoms with van der Waals surface area (Å²) < 4.78 is 12.4. The monoisotopic (exact) mass is 188 g/mol. The minimum Gasteiger partial charge on any atom is -0.246 e. The van der Waals surface area contributed by atoms with Crippen molar-refractivity contribution in [3.8, 4) is 0 Å². The van der Waals surface area contributed by atoms with Gasteiger partial charge in [-0.1, -0.05) is 48.1 Å². The molecule has 0 aliphatic heterocycles. The summed E-state index contributed by atoms with van der Waals surface area (Å²) in [6, 6.07) is 6.92. The van der Waals surface area contributed by atoms with Crippen molar-refractivity contribution in [3.63, 3.8) is 0 Å². The normalized spacial score (nSPS) is 9.64. The fourth-order valence-corrected chi connectivity index (χ4v) is 1.21. The maximum atomic E-state index is 12.2. The molecule has 1 aromatic rings. The molecule has 0 nitrogen and oxygen atoms in total. The summed E-state index contributed by atoms with van der Waals surface area (Å²) >= 11 is 10.3. The number of rotatable bonds is 2. The van der Waals surface area contributed by atoms with Crippen LogP contribution in [0.1, 0.15) is 11.1 Å². The first-order chi connectivity index (χ1) is 5.25. The summed E-state index contributed by atoms with van der Waals surface area (Å²) in [5.74, 6) is 0. The number of hydrogen-bond acceptors (Lipinski definition) is 1. The summed E-state index contributed by atoms with van der Waals surface area (Å²) in [6.07, 6.45) is 0. The summed E-state index contributed by atoms with van der Waals surface area (Å²) in [6.45, 7) is -0.525. The van der Waals surface area contributed by atoms with Crippen molar-refractivity contribution in [1.82, 2.24) is 0 Å². The lowest BCUT2D eigenvalue weighted by Crippen LogP contribution is -1.93. The molecule has 0 spiro atoms. The van der Waals surface area contributed by atoms with E-state index in [1.807, 2.05) is 0 Å². The lowest BCUT2D eigenvalue weighted by Gasteiger charge is -2.00. The van der Waals surface area contributed by atoms with Gasteiger partial charge in [0.05, 0.1) is 0 Å². The largest absolute Gasteiger partial charge is 0.246 e. The zero-order valence-electron chi connectivity index (χ0n) is 5.68. The van der Waals surface area contributed by atoms with E-state index in [2.05, 4.69) is 0 Å². The van der Waals surface area contributed by atoms with Crippen molar-refractivity contribution in [2.45, 2.75) is 6.67 Å². The van der Waals surface area contributed by atoms with Gasteiger partial charge in [0.2, 0.25) is 0 Å². The minimum absolute atomic E-state index is 0.221. The van der Waals surface area contributed by atoms with Crippen molar-refractivity contribution in [1.29, 1.82) is 0 Å². The number of benzene rings is 1. The van der Waals surface area contributed by atoms with Crippen LogP contribution < -0.4 is 0 Å². The molecule has 0 saturated carbocycles. The highest BCUT2D eigenvalue weighted by molar-refractivity contribution is 7.83. The van der Waals surface area contributed by atoms with Crippen LogP contribution in [0.3, 0.4) is 0 Å². The maximum Gasteiger partial charge on any atom is 0.115 e. The topological polar surface area (TPSA) is 0 Å². The van der Waals surface area contributed by atoms with E-state index < -0.39 is 6.67 Å². The Labute approximate surface area is 75.0 Å². The summed E-state index contributed by atoms with van der Waals surface area (Å²) in [5.41, 5.74) is 1.17. The first-order valence-electron chi connectivity index (χ1n) is 3.09. The second-order valence-electron chi connectivity index (χ2n) is 2.06. The molecule has 0 aliphatic rings. The van der Waals surface area contributed by atoms with Crippen LogP contribution in [-0.2, 0) is 6.67 Å². The molecule has 0 fully saturated rings. The molecule has 0 N–H and O–H groups in total. The first kappa shape index (κ1) is 8.62. The lowest BCUT2D eigenvalue weighted by molar-refractivity contribution is 0.485. The highest BCUT2D eigenvalue weighted by Gasteiger charge is 2.02. The number of hydrogen-bond donors (Lipinski definition) is 0. The SMILES string of the molecule is FCc1ccccc1C(=S)Cl. The van der Waals surface area contributed by atoms with Gasteiger partial charge in [-0.3, -0.25) is 0 Å². The Morgan fingerprint density at radius 1 is 1.45 bits per heavy atom. The first-order valence-corrected chi connectivity index (χ1v) is 3.88. The van der Waals surface area contributed by atoms with E-state index in [1.54, 1.807) is 24.3 Å². The second kappa shape index (κ2) is 3.79. The zero-order valence-corrected chi connectivity index (χ0v) is 7.25. The number of halogens is 2. The predicted octanol–water partition coefficient (Wildman–Crippen LogP) is 3.07. The third-order valence-corrected chi connectivity index (χ3v) is 1.80. The van der Waals surface area contributed by atoms with E-state index in [1.165, 1.54) is 0 Å². The molecule has 0 saturated heterocycles.